The third-order valence-corrected chi connectivity index (χ3v) is 7.11. The van der Waals surface area contributed by atoms with Gasteiger partial charge in [-0.05, 0) is 82.4 Å². The molecule has 0 aliphatic heterocycles. The molecule has 1 aliphatic carbocycles. The Balaban J connectivity index is 1.49. The number of hydrogen-bond acceptors (Lipinski definition) is 4. The molecule has 0 saturated heterocycles. The summed E-state index contributed by atoms with van der Waals surface area (Å²) < 4.78 is 5.95. The minimum Gasteiger partial charge on any atom is -0.438 e. The van der Waals surface area contributed by atoms with E-state index in [0.29, 0.717) is 23.1 Å². The van der Waals surface area contributed by atoms with E-state index in [1.165, 1.54) is 5.56 Å². The molecule has 172 valence electrons. The third kappa shape index (κ3) is 5.42. The molecule has 1 heterocycles. The van der Waals surface area contributed by atoms with Crippen molar-refractivity contribution in [1.29, 1.82) is 0 Å². The topological polar surface area (TPSA) is 68.5 Å². The number of benzene rings is 2. The molecule has 0 bridgehead atoms. The van der Waals surface area contributed by atoms with Gasteiger partial charge in [-0.2, -0.15) is 0 Å². The number of aromatic nitrogens is 1. The van der Waals surface area contributed by atoms with E-state index in [2.05, 4.69) is 49.3 Å². The lowest BCUT2D eigenvalue weighted by Gasteiger charge is -2.45. The van der Waals surface area contributed by atoms with Gasteiger partial charge in [0.05, 0.1) is 0 Å². The van der Waals surface area contributed by atoms with Gasteiger partial charge in [0.2, 0.25) is 5.88 Å². The molecule has 1 aromatic heterocycles. The van der Waals surface area contributed by atoms with Crippen molar-refractivity contribution in [1.82, 2.24) is 9.88 Å². The molecule has 0 radical (unpaired) electrons. The van der Waals surface area contributed by atoms with Crippen LogP contribution in [-0.2, 0) is 6.42 Å². The summed E-state index contributed by atoms with van der Waals surface area (Å²) in [6, 6.07) is 23.8. The van der Waals surface area contributed by atoms with Crippen LogP contribution in [0.3, 0.4) is 0 Å². The molecule has 0 spiro atoms. The standard InChI is InChI=1S/C28H33N3O2/c1-31(2)28(18-15-21-9-5-3-6-10-21)19-16-22(17-20-28)25-14-13-24(26(29)32)27(30-25)33-23-11-7-4-8-12-23/h3-14,22H,15-20H2,1-2H3,(H2,29,32). The van der Waals surface area contributed by atoms with E-state index < -0.39 is 5.91 Å². The van der Waals surface area contributed by atoms with Gasteiger partial charge in [-0.25, -0.2) is 4.98 Å². The Morgan fingerprint density at radius 3 is 2.24 bits per heavy atom. The number of ether oxygens (including phenoxy) is 1. The van der Waals surface area contributed by atoms with Crippen molar-refractivity contribution in [2.24, 2.45) is 5.73 Å². The highest BCUT2D eigenvalue weighted by Crippen LogP contribution is 2.42. The first-order valence-corrected chi connectivity index (χ1v) is 11.7. The second-order valence-corrected chi connectivity index (χ2v) is 9.25. The van der Waals surface area contributed by atoms with E-state index >= 15 is 0 Å². The van der Waals surface area contributed by atoms with Crippen LogP contribution in [0.1, 0.15) is 59.6 Å². The second-order valence-electron chi connectivity index (χ2n) is 9.25. The van der Waals surface area contributed by atoms with E-state index in [1.54, 1.807) is 6.07 Å². The van der Waals surface area contributed by atoms with Crippen LogP contribution in [0, 0.1) is 0 Å². The number of primary amides is 1. The maximum atomic E-state index is 11.9. The lowest BCUT2D eigenvalue weighted by Crippen LogP contribution is -2.47. The Morgan fingerprint density at radius 2 is 1.64 bits per heavy atom. The molecule has 1 saturated carbocycles. The summed E-state index contributed by atoms with van der Waals surface area (Å²) in [5, 5.41) is 0. The highest BCUT2D eigenvalue weighted by Gasteiger charge is 2.37. The lowest BCUT2D eigenvalue weighted by atomic mass is 9.72. The maximum Gasteiger partial charge on any atom is 0.254 e. The zero-order valence-electron chi connectivity index (χ0n) is 19.5. The number of nitrogens with two attached hydrogens (primary N) is 1. The molecular weight excluding hydrogens is 410 g/mol. The van der Waals surface area contributed by atoms with Gasteiger partial charge < -0.3 is 15.4 Å². The number of pyridine rings is 1. The molecule has 2 N–H and O–H groups in total. The molecular formula is C28H33N3O2. The SMILES string of the molecule is CN(C)C1(CCc2ccccc2)CCC(c2ccc(C(N)=O)c(Oc3ccccc3)n2)CC1. The summed E-state index contributed by atoms with van der Waals surface area (Å²) in [5.74, 6) is 0.742. The average Bonchev–Trinajstić information content (AvgIpc) is 2.84. The molecule has 0 unspecified atom stereocenters. The Morgan fingerprint density at radius 1 is 1.00 bits per heavy atom. The van der Waals surface area contributed by atoms with Gasteiger partial charge in [-0.3, -0.25) is 4.79 Å². The van der Waals surface area contributed by atoms with E-state index in [-0.39, 0.29) is 5.54 Å². The molecule has 1 aliphatic rings. The first-order chi connectivity index (χ1) is 16.0. The summed E-state index contributed by atoms with van der Waals surface area (Å²) in [7, 11) is 4.41. The smallest absolute Gasteiger partial charge is 0.254 e. The van der Waals surface area contributed by atoms with Crippen molar-refractivity contribution in [3.05, 3.63) is 89.6 Å². The van der Waals surface area contributed by atoms with Gasteiger partial charge in [-0.1, -0.05) is 48.5 Å². The molecule has 3 aromatic rings. The minimum absolute atomic E-state index is 0.197. The monoisotopic (exact) mass is 443 g/mol. The average molecular weight is 444 g/mol. The van der Waals surface area contributed by atoms with Crippen LogP contribution in [0.25, 0.3) is 0 Å². The first-order valence-electron chi connectivity index (χ1n) is 11.7. The van der Waals surface area contributed by atoms with Crippen LogP contribution in [0.5, 0.6) is 11.6 Å². The maximum absolute atomic E-state index is 11.9. The number of carbonyl (C=O) groups excluding carboxylic acids is 1. The number of carbonyl (C=O) groups is 1. The molecule has 33 heavy (non-hydrogen) atoms. The molecule has 2 aromatic carbocycles. The highest BCUT2D eigenvalue weighted by molar-refractivity contribution is 5.95. The van der Waals surface area contributed by atoms with Crippen molar-refractivity contribution in [2.45, 2.75) is 50.0 Å². The second kappa shape index (κ2) is 10.2. The van der Waals surface area contributed by atoms with Crippen molar-refractivity contribution >= 4 is 5.91 Å². The van der Waals surface area contributed by atoms with E-state index in [9.17, 15) is 4.79 Å². The molecule has 1 fully saturated rings. The summed E-state index contributed by atoms with van der Waals surface area (Å²) in [6.07, 6.45) is 6.58. The van der Waals surface area contributed by atoms with E-state index in [4.69, 9.17) is 15.5 Å². The fourth-order valence-corrected chi connectivity index (χ4v) is 4.94. The van der Waals surface area contributed by atoms with Crippen molar-refractivity contribution < 1.29 is 9.53 Å². The molecule has 5 heteroatoms. The number of aryl methyl sites for hydroxylation is 1. The van der Waals surface area contributed by atoms with Crippen LogP contribution in [0.15, 0.2) is 72.8 Å². The van der Waals surface area contributed by atoms with Crippen LogP contribution >= 0.6 is 0 Å². The largest absolute Gasteiger partial charge is 0.438 e. The lowest BCUT2D eigenvalue weighted by molar-refractivity contribution is 0.0829. The summed E-state index contributed by atoms with van der Waals surface area (Å²) in [5.41, 5.74) is 8.46. The van der Waals surface area contributed by atoms with Gasteiger partial charge in [-0.15, -0.1) is 0 Å². The van der Waals surface area contributed by atoms with Crippen LogP contribution in [-0.4, -0.2) is 35.4 Å². The van der Waals surface area contributed by atoms with Crippen molar-refractivity contribution in [2.75, 3.05) is 14.1 Å². The number of hydrogen-bond donors (Lipinski definition) is 1. The van der Waals surface area contributed by atoms with Crippen LogP contribution in [0.2, 0.25) is 0 Å². The third-order valence-electron chi connectivity index (χ3n) is 7.11. The molecule has 4 rings (SSSR count). The van der Waals surface area contributed by atoms with Gasteiger partial charge in [0.25, 0.3) is 5.91 Å². The summed E-state index contributed by atoms with van der Waals surface area (Å²) >= 11 is 0. The minimum atomic E-state index is -0.531. The van der Waals surface area contributed by atoms with Gasteiger partial charge in [0.15, 0.2) is 0 Å². The molecule has 1 amide bonds. The van der Waals surface area contributed by atoms with Crippen LogP contribution in [0.4, 0.5) is 0 Å². The van der Waals surface area contributed by atoms with E-state index in [0.717, 1.165) is 44.2 Å². The Bertz CT molecular complexity index is 1060. The zero-order chi connectivity index (χ0) is 23.3. The Labute approximate surface area is 196 Å². The predicted molar refractivity (Wildman–Crippen MR) is 132 cm³/mol. The summed E-state index contributed by atoms with van der Waals surface area (Å²) in [6.45, 7) is 0. The fourth-order valence-electron chi connectivity index (χ4n) is 4.94. The highest BCUT2D eigenvalue weighted by atomic mass is 16.5. The predicted octanol–water partition coefficient (Wildman–Crippen LogP) is 5.56. The zero-order valence-corrected chi connectivity index (χ0v) is 19.5. The van der Waals surface area contributed by atoms with Crippen molar-refractivity contribution in [3.8, 4) is 11.6 Å². The Hall–Kier alpha value is -3.18. The number of nitrogens with zero attached hydrogens (tertiary/aromatic N) is 2. The van der Waals surface area contributed by atoms with E-state index in [1.807, 2.05) is 36.4 Å². The van der Waals surface area contributed by atoms with Crippen LogP contribution < -0.4 is 10.5 Å². The quantitative estimate of drug-likeness (QED) is 0.495. The van der Waals surface area contributed by atoms with Gasteiger partial charge in [0, 0.05) is 17.2 Å². The van der Waals surface area contributed by atoms with Crippen molar-refractivity contribution in [3.63, 3.8) is 0 Å². The Kier molecular flexibility index (Phi) is 7.09. The molecule has 5 nitrogen and oxygen atoms in total. The van der Waals surface area contributed by atoms with Gasteiger partial charge >= 0.3 is 0 Å². The first kappa shape index (κ1) is 23.0. The number of rotatable bonds is 8. The van der Waals surface area contributed by atoms with Gasteiger partial charge in [0.1, 0.15) is 11.3 Å². The normalized spacial score (nSPS) is 20.5. The number of amides is 1. The number of para-hydroxylation sites is 1. The summed E-state index contributed by atoms with van der Waals surface area (Å²) in [4.78, 5) is 19.1. The molecule has 0 atom stereocenters. The fraction of sp³-hybridized carbons (Fsp3) is 0.357.